The molecule has 20 heavy (non-hydrogen) atoms. The predicted octanol–water partition coefficient (Wildman–Crippen LogP) is 1.67. The van der Waals surface area contributed by atoms with Gasteiger partial charge in [-0.25, -0.2) is 0 Å². The molecule has 5 heteroatoms. The minimum Gasteiger partial charge on any atom is -0.389 e. The zero-order valence-electron chi connectivity index (χ0n) is 12.3. The lowest BCUT2D eigenvalue weighted by Gasteiger charge is -2.22. The summed E-state index contributed by atoms with van der Waals surface area (Å²) in [6, 6.07) is 7.95. The van der Waals surface area contributed by atoms with Crippen LogP contribution in [0.25, 0.3) is 0 Å². The molecule has 0 heterocycles. The van der Waals surface area contributed by atoms with Crippen molar-refractivity contribution in [1.82, 2.24) is 10.2 Å². The molecule has 0 saturated heterocycles. The summed E-state index contributed by atoms with van der Waals surface area (Å²) in [5.74, 6) is 0.0367. The summed E-state index contributed by atoms with van der Waals surface area (Å²) in [7, 11) is 0. The Bertz CT molecular complexity index is 474. The molecule has 0 spiro atoms. The number of amides is 1. The van der Waals surface area contributed by atoms with Crippen molar-refractivity contribution in [2.24, 2.45) is 5.73 Å². The molecule has 1 amide bonds. The second kappa shape index (κ2) is 7.97. The van der Waals surface area contributed by atoms with E-state index in [1.54, 1.807) is 0 Å². The highest BCUT2D eigenvalue weighted by atomic mass is 32.1. The lowest BCUT2D eigenvalue weighted by Crippen LogP contribution is -2.40. The van der Waals surface area contributed by atoms with Crippen molar-refractivity contribution in [2.75, 3.05) is 13.1 Å². The van der Waals surface area contributed by atoms with E-state index in [0.717, 1.165) is 17.7 Å². The highest BCUT2D eigenvalue weighted by Crippen LogP contribution is 2.11. The van der Waals surface area contributed by atoms with Crippen LogP contribution in [0.4, 0.5) is 0 Å². The van der Waals surface area contributed by atoms with Gasteiger partial charge < -0.3 is 11.1 Å². The topological polar surface area (TPSA) is 58.4 Å². The average Bonchev–Trinajstić information content (AvgIpc) is 2.37. The number of rotatable bonds is 7. The van der Waals surface area contributed by atoms with Crippen molar-refractivity contribution < 1.29 is 4.79 Å². The fourth-order valence-electron chi connectivity index (χ4n) is 1.99. The molecule has 0 aromatic heterocycles. The Kier molecular flexibility index (Phi) is 6.61. The van der Waals surface area contributed by atoms with Crippen molar-refractivity contribution in [3.05, 3.63) is 35.4 Å². The van der Waals surface area contributed by atoms with Gasteiger partial charge in [-0.1, -0.05) is 43.4 Å². The van der Waals surface area contributed by atoms with Gasteiger partial charge in [-0.05, 0) is 26.0 Å². The molecule has 0 unspecified atom stereocenters. The van der Waals surface area contributed by atoms with Crippen LogP contribution in [0.2, 0.25) is 0 Å². The first kappa shape index (κ1) is 16.6. The van der Waals surface area contributed by atoms with Gasteiger partial charge in [0.15, 0.2) is 0 Å². The largest absolute Gasteiger partial charge is 0.389 e. The van der Waals surface area contributed by atoms with Gasteiger partial charge >= 0.3 is 0 Å². The van der Waals surface area contributed by atoms with E-state index < -0.39 is 0 Å². The summed E-state index contributed by atoms with van der Waals surface area (Å²) < 4.78 is 0. The summed E-state index contributed by atoms with van der Waals surface area (Å²) in [6.07, 6.45) is 0. The highest BCUT2D eigenvalue weighted by Gasteiger charge is 2.13. The number of carbonyl (C=O) groups excluding carboxylic acids is 1. The molecule has 0 fully saturated rings. The van der Waals surface area contributed by atoms with E-state index in [1.165, 1.54) is 0 Å². The number of nitrogens with one attached hydrogen (secondary N) is 1. The van der Waals surface area contributed by atoms with Gasteiger partial charge in [-0.15, -0.1) is 0 Å². The number of hydrogen-bond donors (Lipinski definition) is 2. The Hall–Kier alpha value is -1.46. The van der Waals surface area contributed by atoms with E-state index in [-0.39, 0.29) is 11.9 Å². The van der Waals surface area contributed by atoms with Crippen LogP contribution in [0.3, 0.4) is 0 Å². The highest BCUT2D eigenvalue weighted by molar-refractivity contribution is 7.80. The van der Waals surface area contributed by atoms with Gasteiger partial charge in [0, 0.05) is 18.2 Å². The summed E-state index contributed by atoms with van der Waals surface area (Å²) in [5.41, 5.74) is 7.67. The zero-order valence-corrected chi connectivity index (χ0v) is 13.2. The number of hydrogen-bond acceptors (Lipinski definition) is 3. The molecular formula is C15H23N3OS. The van der Waals surface area contributed by atoms with E-state index in [2.05, 4.69) is 10.2 Å². The zero-order chi connectivity index (χ0) is 15.1. The van der Waals surface area contributed by atoms with E-state index in [4.69, 9.17) is 18.0 Å². The fraction of sp³-hybridized carbons (Fsp3) is 0.467. The Balaban J connectivity index is 2.74. The van der Waals surface area contributed by atoms with Crippen LogP contribution < -0.4 is 11.1 Å². The molecule has 0 saturated carbocycles. The number of nitrogens with zero attached hydrogens (tertiary/aromatic N) is 1. The number of nitrogens with two attached hydrogens (primary N) is 1. The molecule has 4 nitrogen and oxygen atoms in total. The molecule has 1 aromatic carbocycles. The Morgan fingerprint density at radius 2 is 2.05 bits per heavy atom. The van der Waals surface area contributed by atoms with Gasteiger partial charge in [0.05, 0.1) is 6.54 Å². The van der Waals surface area contributed by atoms with Crippen LogP contribution in [0, 0.1) is 0 Å². The predicted molar refractivity (Wildman–Crippen MR) is 86.6 cm³/mol. The third kappa shape index (κ3) is 5.27. The lowest BCUT2D eigenvalue weighted by molar-refractivity contribution is -0.122. The minimum atomic E-state index is 0.0367. The fourth-order valence-corrected chi connectivity index (χ4v) is 2.19. The third-order valence-electron chi connectivity index (χ3n) is 2.94. The van der Waals surface area contributed by atoms with Crippen LogP contribution >= 0.6 is 12.2 Å². The first-order valence-corrected chi connectivity index (χ1v) is 7.24. The summed E-state index contributed by atoms with van der Waals surface area (Å²) in [4.78, 5) is 14.3. The molecule has 0 bridgehead atoms. The Morgan fingerprint density at radius 1 is 1.40 bits per heavy atom. The van der Waals surface area contributed by atoms with Gasteiger partial charge in [-0.3, -0.25) is 9.69 Å². The van der Waals surface area contributed by atoms with Crippen LogP contribution in [-0.4, -0.2) is 34.9 Å². The molecule has 110 valence electrons. The van der Waals surface area contributed by atoms with Gasteiger partial charge in [0.2, 0.25) is 5.91 Å². The van der Waals surface area contributed by atoms with Gasteiger partial charge in [0.1, 0.15) is 4.99 Å². The van der Waals surface area contributed by atoms with E-state index >= 15 is 0 Å². The first-order valence-electron chi connectivity index (χ1n) is 6.83. The molecule has 1 aromatic rings. The minimum absolute atomic E-state index is 0.0367. The molecule has 0 atom stereocenters. The first-order chi connectivity index (χ1) is 9.43. The van der Waals surface area contributed by atoms with E-state index in [1.807, 2.05) is 45.0 Å². The smallest absolute Gasteiger partial charge is 0.234 e. The Labute approximate surface area is 126 Å². The quantitative estimate of drug-likeness (QED) is 0.751. The molecule has 0 aliphatic rings. The van der Waals surface area contributed by atoms with Crippen molar-refractivity contribution >= 4 is 23.1 Å². The lowest BCUT2D eigenvalue weighted by atomic mass is 10.1. The van der Waals surface area contributed by atoms with Crippen LogP contribution in [-0.2, 0) is 11.3 Å². The standard InChI is InChI=1S/C15H23N3OS/c1-4-18(10-14(19)17-11(2)3)9-12-7-5-6-8-13(12)15(16)20/h5-8,11H,4,9-10H2,1-3H3,(H2,16,20)(H,17,19). The summed E-state index contributed by atoms with van der Waals surface area (Å²) >= 11 is 5.06. The van der Waals surface area contributed by atoms with Crippen molar-refractivity contribution in [2.45, 2.75) is 33.4 Å². The number of benzene rings is 1. The second-order valence-electron chi connectivity index (χ2n) is 5.05. The summed E-state index contributed by atoms with van der Waals surface area (Å²) in [6.45, 7) is 7.77. The maximum Gasteiger partial charge on any atom is 0.234 e. The van der Waals surface area contributed by atoms with Gasteiger partial charge in [-0.2, -0.15) is 0 Å². The monoisotopic (exact) mass is 293 g/mol. The maximum atomic E-state index is 11.8. The molecular weight excluding hydrogens is 270 g/mol. The van der Waals surface area contributed by atoms with Crippen LogP contribution in [0.1, 0.15) is 31.9 Å². The van der Waals surface area contributed by atoms with Crippen LogP contribution in [0.15, 0.2) is 24.3 Å². The maximum absolute atomic E-state index is 11.8. The normalized spacial score (nSPS) is 10.8. The average molecular weight is 293 g/mol. The molecule has 0 aliphatic carbocycles. The third-order valence-corrected chi connectivity index (χ3v) is 3.16. The van der Waals surface area contributed by atoms with Crippen molar-refractivity contribution in [3.8, 4) is 0 Å². The summed E-state index contributed by atoms with van der Waals surface area (Å²) in [5, 5.41) is 2.90. The SMILES string of the molecule is CCN(CC(=O)NC(C)C)Cc1ccccc1C(N)=S. The number of thiocarbonyl (C=S) groups is 1. The number of likely N-dealkylation sites (N-methyl/N-ethyl adjacent to an activating group) is 1. The molecule has 0 aliphatic heterocycles. The van der Waals surface area contributed by atoms with Crippen molar-refractivity contribution in [3.63, 3.8) is 0 Å². The molecule has 3 N–H and O–H groups in total. The second-order valence-corrected chi connectivity index (χ2v) is 5.49. The Morgan fingerprint density at radius 3 is 2.60 bits per heavy atom. The molecule has 0 radical (unpaired) electrons. The molecule has 1 rings (SSSR count). The number of carbonyl (C=O) groups is 1. The van der Waals surface area contributed by atoms with Crippen LogP contribution in [0.5, 0.6) is 0 Å². The van der Waals surface area contributed by atoms with E-state index in [0.29, 0.717) is 18.1 Å². The van der Waals surface area contributed by atoms with Gasteiger partial charge in [0.25, 0.3) is 0 Å². The van der Waals surface area contributed by atoms with E-state index in [9.17, 15) is 4.79 Å². The van der Waals surface area contributed by atoms with Crippen molar-refractivity contribution in [1.29, 1.82) is 0 Å².